The van der Waals surface area contributed by atoms with Crippen LogP contribution in [0.5, 0.6) is 11.5 Å². The van der Waals surface area contributed by atoms with Crippen LogP contribution in [0.1, 0.15) is 12.5 Å². The van der Waals surface area contributed by atoms with Crippen molar-refractivity contribution in [2.45, 2.75) is 13.5 Å². The number of aliphatic hydroxyl groups is 1. The molecule has 0 radical (unpaired) electrons. The maximum atomic E-state index is 8.93. The van der Waals surface area contributed by atoms with E-state index in [1.54, 1.807) is 14.2 Å². The Kier molecular flexibility index (Phi) is 6.25. The van der Waals surface area contributed by atoms with Crippen LogP contribution in [0.25, 0.3) is 0 Å². The molecule has 1 aromatic rings. The molecule has 0 saturated carbocycles. The molecule has 4 nitrogen and oxygen atoms in total. The molecule has 0 aliphatic heterocycles. The molecule has 0 bridgehead atoms. The van der Waals surface area contributed by atoms with E-state index in [-0.39, 0.29) is 12.5 Å². The largest absolute Gasteiger partial charge is 0.493 e. The predicted molar refractivity (Wildman–Crippen MR) is 72.5 cm³/mol. The molecule has 1 rings (SSSR count). The van der Waals surface area contributed by atoms with Gasteiger partial charge in [0.15, 0.2) is 11.5 Å². The van der Waals surface area contributed by atoms with E-state index in [2.05, 4.69) is 5.32 Å². The molecule has 0 spiro atoms. The second kappa shape index (κ2) is 7.46. The van der Waals surface area contributed by atoms with Crippen molar-refractivity contribution < 1.29 is 14.6 Å². The van der Waals surface area contributed by atoms with Crippen molar-refractivity contribution in [3.05, 3.63) is 22.7 Å². The minimum Gasteiger partial charge on any atom is -0.493 e. The highest BCUT2D eigenvalue weighted by molar-refractivity contribution is 6.32. The molecule has 0 aliphatic carbocycles. The minimum absolute atomic E-state index is 0.180. The minimum atomic E-state index is 0.180. The smallest absolute Gasteiger partial charge is 0.179 e. The Hall–Kier alpha value is -0.970. The van der Waals surface area contributed by atoms with Gasteiger partial charge in [-0.3, -0.25) is 0 Å². The molecule has 0 aromatic heterocycles. The maximum absolute atomic E-state index is 8.93. The van der Waals surface area contributed by atoms with Crippen molar-refractivity contribution in [2.24, 2.45) is 5.92 Å². The molecule has 0 amide bonds. The summed E-state index contributed by atoms with van der Waals surface area (Å²) < 4.78 is 10.4. The molecule has 1 unspecified atom stereocenters. The molecule has 1 aromatic carbocycles. The number of halogens is 1. The van der Waals surface area contributed by atoms with Crippen molar-refractivity contribution in [1.29, 1.82) is 0 Å². The molecule has 0 heterocycles. The van der Waals surface area contributed by atoms with Gasteiger partial charge in [-0.15, -0.1) is 0 Å². The summed E-state index contributed by atoms with van der Waals surface area (Å²) in [4.78, 5) is 0. The molecule has 1 atom stereocenters. The van der Waals surface area contributed by atoms with E-state index < -0.39 is 0 Å². The fourth-order valence-corrected chi connectivity index (χ4v) is 1.91. The first-order valence-electron chi connectivity index (χ1n) is 5.84. The number of hydrogen-bond acceptors (Lipinski definition) is 4. The number of methoxy groups -OCH3 is 2. The van der Waals surface area contributed by atoms with Crippen molar-refractivity contribution in [2.75, 3.05) is 27.4 Å². The number of hydrogen-bond donors (Lipinski definition) is 2. The van der Waals surface area contributed by atoms with Crippen LogP contribution in [-0.4, -0.2) is 32.5 Å². The fraction of sp³-hybridized carbons (Fsp3) is 0.538. The van der Waals surface area contributed by atoms with Gasteiger partial charge in [-0.05, 0) is 23.6 Å². The Labute approximate surface area is 113 Å². The molecule has 2 N–H and O–H groups in total. The molecular formula is C13H20ClNO3. The van der Waals surface area contributed by atoms with Crippen molar-refractivity contribution in [3.8, 4) is 11.5 Å². The third-order valence-electron chi connectivity index (χ3n) is 2.63. The van der Waals surface area contributed by atoms with Crippen LogP contribution in [0.2, 0.25) is 5.02 Å². The van der Waals surface area contributed by atoms with E-state index in [4.69, 9.17) is 26.2 Å². The van der Waals surface area contributed by atoms with Crippen LogP contribution in [0, 0.1) is 5.92 Å². The van der Waals surface area contributed by atoms with Crippen LogP contribution in [0.15, 0.2) is 12.1 Å². The lowest BCUT2D eigenvalue weighted by Crippen LogP contribution is -2.22. The standard InChI is InChI=1S/C13H20ClNO3/c1-9(8-16)6-15-7-10-4-11(14)13(18-3)12(5-10)17-2/h4-5,9,15-16H,6-8H2,1-3H3. The Morgan fingerprint density at radius 2 is 2.06 bits per heavy atom. The summed E-state index contributed by atoms with van der Waals surface area (Å²) in [7, 11) is 3.14. The summed E-state index contributed by atoms with van der Waals surface area (Å²) in [5.41, 5.74) is 1.02. The lowest BCUT2D eigenvalue weighted by Gasteiger charge is -2.13. The maximum Gasteiger partial charge on any atom is 0.179 e. The van der Waals surface area contributed by atoms with Gasteiger partial charge in [-0.1, -0.05) is 18.5 Å². The number of rotatable bonds is 7. The monoisotopic (exact) mass is 273 g/mol. The summed E-state index contributed by atoms with van der Waals surface area (Å²) in [5.74, 6) is 1.41. The quantitative estimate of drug-likeness (QED) is 0.799. The van der Waals surface area contributed by atoms with Gasteiger partial charge in [0.25, 0.3) is 0 Å². The number of ether oxygens (including phenoxy) is 2. The number of benzene rings is 1. The Balaban J connectivity index is 2.69. The Morgan fingerprint density at radius 3 is 2.61 bits per heavy atom. The molecule has 18 heavy (non-hydrogen) atoms. The second-order valence-corrected chi connectivity index (χ2v) is 4.64. The lowest BCUT2D eigenvalue weighted by molar-refractivity contribution is 0.233. The average molecular weight is 274 g/mol. The first-order chi connectivity index (χ1) is 8.62. The zero-order chi connectivity index (χ0) is 13.5. The predicted octanol–water partition coefficient (Wildman–Crippen LogP) is 2.08. The van der Waals surface area contributed by atoms with E-state index in [1.165, 1.54) is 0 Å². The molecule has 0 fully saturated rings. The molecule has 0 saturated heterocycles. The summed E-state index contributed by atoms with van der Waals surface area (Å²) in [6.45, 7) is 3.58. The second-order valence-electron chi connectivity index (χ2n) is 4.23. The van der Waals surface area contributed by atoms with E-state index in [0.717, 1.165) is 12.1 Å². The number of nitrogens with one attached hydrogen (secondary N) is 1. The van der Waals surface area contributed by atoms with E-state index in [0.29, 0.717) is 23.1 Å². The van der Waals surface area contributed by atoms with Gasteiger partial charge in [-0.2, -0.15) is 0 Å². The highest BCUT2D eigenvalue weighted by Gasteiger charge is 2.10. The van der Waals surface area contributed by atoms with Gasteiger partial charge in [0.2, 0.25) is 0 Å². The third kappa shape index (κ3) is 4.05. The van der Waals surface area contributed by atoms with Gasteiger partial charge in [0.1, 0.15) is 0 Å². The Bertz CT molecular complexity index is 385. The van der Waals surface area contributed by atoms with Gasteiger partial charge >= 0.3 is 0 Å². The van der Waals surface area contributed by atoms with Gasteiger partial charge in [-0.25, -0.2) is 0 Å². The summed E-state index contributed by atoms with van der Waals surface area (Å²) in [6, 6.07) is 3.74. The van der Waals surface area contributed by atoms with Crippen LogP contribution in [0.4, 0.5) is 0 Å². The van der Waals surface area contributed by atoms with E-state index in [1.807, 2.05) is 19.1 Å². The molecule has 5 heteroatoms. The van der Waals surface area contributed by atoms with Crippen LogP contribution in [-0.2, 0) is 6.54 Å². The van der Waals surface area contributed by atoms with Gasteiger partial charge in [0, 0.05) is 19.7 Å². The molecule has 102 valence electrons. The van der Waals surface area contributed by atoms with E-state index >= 15 is 0 Å². The van der Waals surface area contributed by atoms with Crippen LogP contribution < -0.4 is 14.8 Å². The zero-order valence-electron chi connectivity index (χ0n) is 11.0. The van der Waals surface area contributed by atoms with Crippen LogP contribution in [0.3, 0.4) is 0 Å². The first-order valence-corrected chi connectivity index (χ1v) is 6.22. The average Bonchev–Trinajstić information content (AvgIpc) is 2.37. The van der Waals surface area contributed by atoms with Crippen molar-refractivity contribution >= 4 is 11.6 Å². The number of aliphatic hydroxyl groups excluding tert-OH is 1. The van der Waals surface area contributed by atoms with Crippen molar-refractivity contribution in [3.63, 3.8) is 0 Å². The highest BCUT2D eigenvalue weighted by atomic mass is 35.5. The zero-order valence-corrected chi connectivity index (χ0v) is 11.8. The third-order valence-corrected chi connectivity index (χ3v) is 2.91. The summed E-state index contributed by atoms with van der Waals surface area (Å²) in [6.07, 6.45) is 0. The van der Waals surface area contributed by atoms with Gasteiger partial charge < -0.3 is 19.9 Å². The van der Waals surface area contributed by atoms with Gasteiger partial charge in [0.05, 0.1) is 19.2 Å². The lowest BCUT2D eigenvalue weighted by atomic mass is 10.1. The normalized spacial score (nSPS) is 12.3. The fourth-order valence-electron chi connectivity index (χ4n) is 1.60. The Morgan fingerprint density at radius 1 is 1.33 bits per heavy atom. The summed E-state index contributed by atoms with van der Waals surface area (Å²) in [5, 5.41) is 12.7. The highest BCUT2D eigenvalue weighted by Crippen LogP contribution is 2.35. The summed E-state index contributed by atoms with van der Waals surface area (Å²) >= 11 is 6.11. The SMILES string of the molecule is COc1cc(CNCC(C)CO)cc(Cl)c1OC. The first kappa shape index (κ1) is 15.1. The van der Waals surface area contributed by atoms with E-state index in [9.17, 15) is 0 Å². The van der Waals surface area contributed by atoms with Crippen LogP contribution >= 0.6 is 11.6 Å². The van der Waals surface area contributed by atoms with Crippen molar-refractivity contribution in [1.82, 2.24) is 5.32 Å². The molecular weight excluding hydrogens is 254 g/mol. The molecule has 0 aliphatic rings. The topological polar surface area (TPSA) is 50.7 Å².